The minimum atomic E-state index is -0.356. The molecule has 0 N–H and O–H groups in total. The van der Waals surface area contributed by atoms with Gasteiger partial charge >= 0.3 is 7.12 Å². The van der Waals surface area contributed by atoms with Crippen LogP contribution in [0.1, 0.15) is 59.4 Å². The molecule has 1 atom stereocenters. The van der Waals surface area contributed by atoms with Crippen molar-refractivity contribution < 1.29 is 9.31 Å². The second kappa shape index (κ2) is 9.44. The molecule has 1 unspecified atom stereocenters. The molecular formula is C28H33BINO2. The lowest BCUT2D eigenvalue weighted by atomic mass is 9.79. The summed E-state index contributed by atoms with van der Waals surface area (Å²) in [6.07, 6.45) is 1.14. The van der Waals surface area contributed by atoms with E-state index >= 15 is 0 Å². The molecule has 1 aliphatic heterocycles. The van der Waals surface area contributed by atoms with Crippen molar-refractivity contribution >= 4 is 52.2 Å². The fraction of sp³-hybridized carbons (Fsp3) is 0.357. The van der Waals surface area contributed by atoms with Crippen molar-refractivity contribution in [2.75, 3.05) is 4.90 Å². The van der Waals surface area contributed by atoms with Crippen LogP contribution in [-0.2, 0) is 9.31 Å². The van der Waals surface area contributed by atoms with Crippen molar-refractivity contribution in [3.05, 3.63) is 81.9 Å². The molecule has 33 heavy (non-hydrogen) atoms. The van der Waals surface area contributed by atoms with Crippen LogP contribution in [-0.4, -0.2) is 18.3 Å². The van der Waals surface area contributed by atoms with Gasteiger partial charge in [-0.15, -0.1) is 0 Å². The zero-order valence-electron chi connectivity index (χ0n) is 20.4. The first kappa shape index (κ1) is 24.3. The molecule has 3 aromatic rings. The number of benzene rings is 3. The highest BCUT2D eigenvalue weighted by atomic mass is 127. The Bertz CT molecular complexity index is 1060. The fourth-order valence-corrected chi connectivity index (χ4v) is 4.34. The SMILES string of the molecule is CCC(C)c1ccc(N(c2ccc(I)cc2)c2ccc(B3OC(C)(C)C(C)(C)O3)cc2)cc1. The molecular weight excluding hydrogens is 520 g/mol. The zero-order valence-corrected chi connectivity index (χ0v) is 22.6. The highest BCUT2D eigenvalue weighted by Crippen LogP contribution is 2.38. The molecule has 0 saturated carbocycles. The van der Waals surface area contributed by atoms with Gasteiger partial charge in [0.1, 0.15) is 0 Å². The Labute approximate surface area is 212 Å². The number of rotatable bonds is 6. The summed E-state index contributed by atoms with van der Waals surface area (Å²) in [5.74, 6) is 0.560. The molecule has 1 fully saturated rings. The second-order valence-corrected chi connectivity index (χ2v) is 11.1. The van der Waals surface area contributed by atoms with Crippen LogP contribution in [0.2, 0.25) is 0 Å². The van der Waals surface area contributed by atoms with E-state index in [9.17, 15) is 0 Å². The monoisotopic (exact) mass is 553 g/mol. The molecule has 172 valence electrons. The van der Waals surface area contributed by atoms with E-state index < -0.39 is 0 Å². The van der Waals surface area contributed by atoms with Crippen LogP contribution >= 0.6 is 22.6 Å². The summed E-state index contributed by atoms with van der Waals surface area (Å²) in [4.78, 5) is 2.30. The maximum absolute atomic E-state index is 6.24. The first-order chi connectivity index (χ1) is 15.6. The Morgan fingerprint density at radius 3 is 1.64 bits per heavy atom. The van der Waals surface area contributed by atoms with Gasteiger partial charge in [0.15, 0.2) is 0 Å². The highest BCUT2D eigenvalue weighted by molar-refractivity contribution is 14.1. The average Bonchev–Trinajstić information content (AvgIpc) is 3.02. The molecule has 5 heteroatoms. The van der Waals surface area contributed by atoms with Gasteiger partial charge in [-0.25, -0.2) is 0 Å². The van der Waals surface area contributed by atoms with E-state index in [2.05, 4.69) is 142 Å². The van der Waals surface area contributed by atoms with Crippen molar-refractivity contribution in [3.8, 4) is 0 Å². The smallest absolute Gasteiger partial charge is 0.399 e. The Morgan fingerprint density at radius 1 is 0.758 bits per heavy atom. The van der Waals surface area contributed by atoms with Crippen LogP contribution in [0.25, 0.3) is 0 Å². The van der Waals surface area contributed by atoms with Gasteiger partial charge in [0.25, 0.3) is 0 Å². The topological polar surface area (TPSA) is 21.7 Å². The van der Waals surface area contributed by atoms with Crippen molar-refractivity contribution in [1.29, 1.82) is 0 Å². The first-order valence-corrected chi connectivity index (χ1v) is 12.8. The standard InChI is InChI=1S/C28H33BINO2/c1-7-20(2)21-8-14-24(15-9-21)31(26-18-12-23(30)13-19-26)25-16-10-22(11-17-25)29-32-27(3,4)28(5,6)33-29/h8-20H,7H2,1-6H3. The van der Waals surface area contributed by atoms with Gasteiger partial charge in [0.2, 0.25) is 0 Å². The maximum atomic E-state index is 6.24. The van der Waals surface area contributed by atoms with Gasteiger partial charge in [0.05, 0.1) is 11.2 Å². The Kier molecular flexibility index (Phi) is 6.95. The van der Waals surface area contributed by atoms with E-state index in [1.807, 2.05) is 0 Å². The summed E-state index contributed by atoms with van der Waals surface area (Å²) in [6, 6.07) is 26.1. The molecule has 3 nitrogen and oxygen atoms in total. The number of halogens is 1. The van der Waals surface area contributed by atoms with E-state index in [0.717, 1.165) is 28.9 Å². The van der Waals surface area contributed by atoms with Crippen molar-refractivity contribution in [3.63, 3.8) is 0 Å². The van der Waals surface area contributed by atoms with Crippen molar-refractivity contribution in [2.24, 2.45) is 0 Å². The normalized spacial score (nSPS) is 17.7. The molecule has 0 aromatic heterocycles. The Balaban J connectivity index is 1.67. The van der Waals surface area contributed by atoms with Gasteiger partial charge < -0.3 is 14.2 Å². The molecule has 0 amide bonds. The van der Waals surface area contributed by atoms with Crippen LogP contribution < -0.4 is 10.4 Å². The molecule has 0 bridgehead atoms. The Morgan fingerprint density at radius 2 is 1.18 bits per heavy atom. The minimum Gasteiger partial charge on any atom is -0.399 e. The van der Waals surface area contributed by atoms with E-state index in [-0.39, 0.29) is 18.3 Å². The highest BCUT2D eigenvalue weighted by Gasteiger charge is 2.51. The van der Waals surface area contributed by atoms with Crippen LogP contribution in [0.5, 0.6) is 0 Å². The molecule has 1 saturated heterocycles. The van der Waals surface area contributed by atoms with Gasteiger partial charge in [-0.3, -0.25) is 0 Å². The van der Waals surface area contributed by atoms with Gasteiger partial charge in [-0.05, 0) is 122 Å². The van der Waals surface area contributed by atoms with Crippen molar-refractivity contribution in [1.82, 2.24) is 0 Å². The predicted molar refractivity (Wildman–Crippen MR) is 148 cm³/mol. The number of anilines is 3. The minimum absolute atomic E-state index is 0.346. The van der Waals surface area contributed by atoms with E-state index in [1.165, 1.54) is 9.13 Å². The van der Waals surface area contributed by atoms with Gasteiger partial charge in [-0.1, -0.05) is 38.1 Å². The third kappa shape index (κ3) is 5.01. The van der Waals surface area contributed by atoms with E-state index in [0.29, 0.717) is 5.92 Å². The predicted octanol–water partition coefficient (Wildman–Crippen LogP) is 7.57. The summed E-state index contributed by atoms with van der Waals surface area (Å²) in [5, 5.41) is 0. The molecule has 1 aliphatic rings. The lowest BCUT2D eigenvalue weighted by molar-refractivity contribution is 0.00578. The van der Waals surface area contributed by atoms with Crippen LogP contribution in [0.15, 0.2) is 72.8 Å². The maximum Gasteiger partial charge on any atom is 0.494 e. The molecule has 0 spiro atoms. The largest absolute Gasteiger partial charge is 0.494 e. The number of hydrogen-bond acceptors (Lipinski definition) is 3. The summed E-state index contributed by atoms with van der Waals surface area (Å²) in [6.45, 7) is 12.9. The van der Waals surface area contributed by atoms with Gasteiger partial charge in [-0.2, -0.15) is 0 Å². The molecule has 4 rings (SSSR count). The molecule has 0 aliphatic carbocycles. The lowest BCUT2D eigenvalue weighted by Gasteiger charge is -2.32. The van der Waals surface area contributed by atoms with E-state index in [4.69, 9.17) is 9.31 Å². The van der Waals surface area contributed by atoms with Crippen LogP contribution in [0.4, 0.5) is 17.1 Å². The number of hydrogen-bond donors (Lipinski definition) is 0. The molecule has 3 aromatic carbocycles. The summed E-state index contributed by atoms with van der Waals surface area (Å²) in [5.41, 5.74) is 5.10. The van der Waals surface area contributed by atoms with Crippen LogP contribution in [0, 0.1) is 3.57 Å². The molecule has 1 heterocycles. The average molecular weight is 553 g/mol. The second-order valence-electron chi connectivity index (χ2n) is 9.89. The van der Waals surface area contributed by atoms with Crippen LogP contribution in [0.3, 0.4) is 0 Å². The first-order valence-electron chi connectivity index (χ1n) is 11.7. The zero-order chi connectivity index (χ0) is 23.8. The van der Waals surface area contributed by atoms with E-state index in [1.54, 1.807) is 0 Å². The number of nitrogens with zero attached hydrogens (tertiary/aromatic N) is 1. The summed E-state index contributed by atoms with van der Waals surface area (Å²) < 4.78 is 13.7. The lowest BCUT2D eigenvalue weighted by Crippen LogP contribution is -2.41. The third-order valence-electron chi connectivity index (χ3n) is 7.09. The third-order valence-corrected chi connectivity index (χ3v) is 7.81. The summed E-state index contributed by atoms with van der Waals surface area (Å²) in [7, 11) is -0.356. The Hall–Kier alpha value is -1.83. The fourth-order valence-electron chi connectivity index (χ4n) is 3.98. The quantitative estimate of drug-likeness (QED) is 0.232. The summed E-state index contributed by atoms with van der Waals surface area (Å²) >= 11 is 2.35. The van der Waals surface area contributed by atoms with Gasteiger partial charge in [0, 0.05) is 20.6 Å². The van der Waals surface area contributed by atoms with Crippen molar-refractivity contribution in [2.45, 2.75) is 65.1 Å². The molecule has 0 radical (unpaired) electrons.